The van der Waals surface area contributed by atoms with E-state index >= 15 is 0 Å². The normalized spacial score (nSPS) is 35.8. The maximum atomic E-state index is 11.0. The molecule has 0 aromatic heterocycles. The maximum absolute atomic E-state index is 11.0. The molecule has 2 heterocycles. The van der Waals surface area contributed by atoms with E-state index < -0.39 is 10.1 Å². The second-order valence-corrected chi connectivity index (χ2v) is 4.77. The molecule has 2 fully saturated rings. The lowest BCUT2D eigenvalue weighted by molar-refractivity contribution is 0.00263. The summed E-state index contributed by atoms with van der Waals surface area (Å²) < 4.78 is 27.0. The maximum Gasteiger partial charge on any atom is 0.270 e. The third-order valence-corrected chi connectivity index (χ3v) is 3.39. The van der Waals surface area contributed by atoms with E-state index in [9.17, 15) is 8.42 Å². The molecule has 0 saturated carbocycles. The van der Waals surface area contributed by atoms with Gasteiger partial charge in [0, 0.05) is 26.2 Å². The second kappa shape index (κ2) is 2.95. The first-order valence-electron chi connectivity index (χ1n) is 4.03. The zero-order valence-corrected chi connectivity index (χ0v) is 7.51. The van der Waals surface area contributed by atoms with Crippen LogP contribution in [0.4, 0.5) is 0 Å². The van der Waals surface area contributed by atoms with Gasteiger partial charge in [-0.15, -0.1) is 0 Å². The van der Waals surface area contributed by atoms with Gasteiger partial charge >= 0.3 is 0 Å². The molecule has 0 radical (unpaired) electrons. The molecule has 0 aliphatic carbocycles. The molecule has 2 aliphatic rings. The number of nitrogens with zero attached hydrogens (tertiary/aromatic N) is 1. The Morgan fingerprint density at radius 2 is 2.25 bits per heavy atom. The summed E-state index contributed by atoms with van der Waals surface area (Å²) in [6.07, 6.45) is -0.266. The number of rotatable bonds is 0. The van der Waals surface area contributed by atoms with Crippen LogP contribution in [0, 0.1) is 0 Å². The summed E-state index contributed by atoms with van der Waals surface area (Å²) in [5.41, 5.74) is 0. The average Bonchev–Trinajstić information content (AvgIpc) is 2.02. The van der Waals surface area contributed by atoms with Crippen molar-refractivity contribution in [1.29, 1.82) is 0 Å². The fourth-order valence-corrected chi connectivity index (χ4v) is 2.60. The molecule has 0 unspecified atom stereocenters. The third-order valence-electron chi connectivity index (χ3n) is 2.19. The van der Waals surface area contributed by atoms with Crippen LogP contribution >= 0.6 is 0 Å². The highest BCUT2D eigenvalue weighted by Crippen LogP contribution is 2.14. The first-order valence-corrected chi connectivity index (χ1v) is 5.61. The fraction of sp³-hybridized carbons (Fsp3) is 1.00. The van der Waals surface area contributed by atoms with E-state index in [1.807, 2.05) is 0 Å². The molecular formula is C6H12N2O3S. The predicted octanol–water partition coefficient (Wildman–Crippen LogP) is -1.42. The van der Waals surface area contributed by atoms with Crippen molar-refractivity contribution in [2.75, 3.05) is 31.9 Å². The lowest BCUT2D eigenvalue weighted by Crippen LogP contribution is -2.57. The Hall–Kier alpha value is -0.170. The lowest BCUT2D eigenvalue weighted by Gasteiger charge is -2.38. The highest BCUT2D eigenvalue weighted by molar-refractivity contribution is 7.86. The summed E-state index contributed by atoms with van der Waals surface area (Å²) in [4.78, 5) is 2.05. The van der Waals surface area contributed by atoms with Gasteiger partial charge < -0.3 is 5.32 Å². The van der Waals surface area contributed by atoms with E-state index in [0.29, 0.717) is 13.1 Å². The van der Waals surface area contributed by atoms with Crippen LogP contribution in [-0.2, 0) is 14.3 Å². The van der Waals surface area contributed by atoms with Crippen molar-refractivity contribution < 1.29 is 12.6 Å². The highest BCUT2D eigenvalue weighted by Gasteiger charge is 2.33. The van der Waals surface area contributed by atoms with E-state index in [1.165, 1.54) is 0 Å². The molecule has 12 heavy (non-hydrogen) atoms. The zero-order valence-electron chi connectivity index (χ0n) is 6.69. The van der Waals surface area contributed by atoms with Crippen LogP contribution in [0.5, 0.6) is 0 Å². The van der Waals surface area contributed by atoms with Gasteiger partial charge in [-0.1, -0.05) is 0 Å². The Morgan fingerprint density at radius 3 is 3.08 bits per heavy atom. The summed E-state index contributed by atoms with van der Waals surface area (Å²) in [6, 6.07) is 0. The standard InChI is InChI=1S/C6H12N2O3S/c9-12(10)4-3-8-2-1-7-5-6(8)11-12/h6-7H,1-5H2/t6-/m0/s1. The Bertz CT molecular complexity index is 264. The molecule has 2 aliphatic heterocycles. The monoisotopic (exact) mass is 192 g/mol. The van der Waals surface area contributed by atoms with Gasteiger partial charge in [-0.3, -0.25) is 4.90 Å². The largest absolute Gasteiger partial charge is 0.312 e. The molecule has 0 amide bonds. The number of fused-ring (bicyclic) bond motifs is 1. The van der Waals surface area contributed by atoms with Gasteiger partial charge in [0.15, 0.2) is 0 Å². The first-order chi connectivity index (χ1) is 5.67. The Balaban J connectivity index is 2.08. The molecule has 0 bridgehead atoms. The highest BCUT2D eigenvalue weighted by atomic mass is 32.2. The van der Waals surface area contributed by atoms with E-state index in [1.54, 1.807) is 0 Å². The Kier molecular flexibility index (Phi) is 2.07. The minimum atomic E-state index is -3.23. The fourth-order valence-electron chi connectivity index (χ4n) is 1.52. The van der Waals surface area contributed by atoms with Crippen LogP contribution in [0.25, 0.3) is 0 Å². The van der Waals surface area contributed by atoms with Crippen LogP contribution in [0.15, 0.2) is 0 Å². The quantitative estimate of drug-likeness (QED) is 0.477. The van der Waals surface area contributed by atoms with Crippen molar-refractivity contribution in [3.8, 4) is 0 Å². The predicted molar refractivity (Wildman–Crippen MR) is 43.1 cm³/mol. The summed E-state index contributed by atoms with van der Waals surface area (Å²) in [5.74, 6) is 0.128. The van der Waals surface area contributed by atoms with Gasteiger partial charge in [-0.2, -0.15) is 8.42 Å². The first kappa shape index (κ1) is 8.43. The average molecular weight is 192 g/mol. The molecular weight excluding hydrogens is 180 g/mol. The molecule has 1 atom stereocenters. The summed E-state index contributed by atoms with van der Waals surface area (Å²) in [6.45, 7) is 3.01. The van der Waals surface area contributed by atoms with Crippen molar-refractivity contribution in [2.24, 2.45) is 0 Å². The van der Waals surface area contributed by atoms with Crippen molar-refractivity contribution >= 4 is 10.1 Å². The van der Waals surface area contributed by atoms with E-state index in [2.05, 4.69) is 10.2 Å². The summed E-state index contributed by atoms with van der Waals surface area (Å²) in [5, 5.41) is 3.09. The van der Waals surface area contributed by atoms with Crippen LogP contribution in [0.3, 0.4) is 0 Å². The van der Waals surface area contributed by atoms with Gasteiger partial charge in [0.05, 0.1) is 5.75 Å². The lowest BCUT2D eigenvalue weighted by atomic mass is 10.3. The van der Waals surface area contributed by atoms with Crippen molar-refractivity contribution in [1.82, 2.24) is 10.2 Å². The van der Waals surface area contributed by atoms with Crippen LogP contribution < -0.4 is 5.32 Å². The van der Waals surface area contributed by atoms with E-state index in [-0.39, 0.29) is 12.0 Å². The van der Waals surface area contributed by atoms with Crippen LogP contribution in [-0.4, -0.2) is 51.5 Å². The van der Waals surface area contributed by atoms with Crippen molar-refractivity contribution in [3.05, 3.63) is 0 Å². The van der Waals surface area contributed by atoms with Crippen molar-refractivity contribution in [2.45, 2.75) is 6.23 Å². The summed E-state index contributed by atoms with van der Waals surface area (Å²) >= 11 is 0. The number of hydrogen-bond donors (Lipinski definition) is 1. The molecule has 0 spiro atoms. The van der Waals surface area contributed by atoms with Gasteiger partial charge in [-0.05, 0) is 0 Å². The van der Waals surface area contributed by atoms with Gasteiger partial charge in [0.1, 0.15) is 6.23 Å². The summed E-state index contributed by atoms with van der Waals surface area (Å²) in [7, 11) is -3.23. The topological polar surface area (TPSA) is 58.6 Å². The molecule has 5 nitrogen and oxygen atoms in total. The number of piperazine rings is 1. The molecule has 70 valence electrons. The second-order valence-electron chi connectivity index (χ2n) is 3.05. The molecule has 0 aromatic rings. The minimum Gasteiger partial charge on any atom is -0.312 e. The number of hydrogen-bond acceptors (Lipinski definition) is 5. The minimum absolute atomic E-state index is 0.128. The Labute approximate surface area is 71.8 Å². The van der Waals surface area contributed by atoms with Gasteiger partial charge in [-0.25, -0.2) is 4.18 Å². The van der Waals surface area contributed by atoms with Gasteiger partial charge in [0.25, 0.3) is 10.1 Å². The smallest absolute Gasteiger partial charge is 0.270 e. The Morgan fingerprint density at radius 1 is 1.42 bits per heavy atom. The zero-order chi connectivity index (χ0) is 8.60. The van der Waals surface area contributed by atoms with E-state index in [4.69, 9.17) is 4.18 Å². The van der Waals surface area contributed by atoms with Crippen LogP contribution in [0.1, 0.15) is 0 Å². The SMILES string of the molecule is O=S1(=O)CCN2CCNC[C@@H]2O1. The molecule has 1 N–H and O–H groups in total. The van der Waals surface area contributed by atoms with E-state index in [0.717, 1.165) is 13.1 Å². The van der Waals surface area contributed by atoms with Crippen LogP contribution in [0.2, 0.25) is 0 Å². The molecule has 0 aromatic carbocycles. The molecule has 2 saturated heterocycles. The molecule has 6 heteroatoms. The van der Waals surface area contributed by atoms with Crippen molar-refractivity contribution in [3.63, 3.8) is 0 Å². The third kappa shape index (κ3) is 1.61. The number of nitrogens with one attached hydrogen (secondary N) is 1. The van der Waals surface area contributed by atoms with Gasteiger partial charge in [0.2, 0.25) is 0 Å². The molecule has 2 rings (SSSR count).